The van der Waals surface area contributed by atoms with E-state index in [0.29, 0.717) is 35.6 Å². The van der Waals surface area contributed by atoms with Crippen molar-refractivity contribution in [1.29, 1.82) is 0 Å². The molecule has 1 aromatic carbocycles. The number of piperidine rings is 1. The van der Waals surface area contributed by atoms with Crippen LogP contribution in [0.15, 0.2) is 40.9 Å². The third-order valence-corrected chi connectivity index (χ3v) is 7.26. The number of carbonyl (C=O) groups is 1. The smallest absolute Gasteiger partial charge is 0.259 e. The molecular formula is C24H32N6O4S. The van der Waals surface area contributed by atoms with Crippen molar-refractivity contribution in [1.82, 2.24) is 15.2 Å². The van der Waals surface area contributed by atoms with Crippen molar-refractivity contribution in [3.63, 3.8) is 0 Å². The predicted octanol–water partition coefficient (Wildman–Crippen LogP) is 1.22. The van der Waals surface area contributed by atoms with Gasteiger partial charge in [-0.05, 0) is 50.7 Å². The summed E-state index contributed by atoms with van der Waals surface area (Å²) in [4.78, 5) is 21.2. The first-order valence-corrected chi connectivity index (χ1v) is 13.3. The highest BCUT2D eigenvalue weighted by molar-refractivity contribution is 7.89. The van der Waals surface area contributed by atoms with E-state index in [4.69, 9.17) is 10.5 Å². The summed E-state index contributed by atoms with van der Waals surface area (Å²) in [5, 5.41) is 2.94. The summed E-state index contributed by atoms with van der Waals surface area (Å²) in [5.41, 5.74) is 7.70. The van der Waals surface area contributed by atoms with Crippen LogP contribution in [0.2, 0.25) is 0 Å². The third-order valence-electron chi connectivity index (χ3n) is 6.11. The van der Waals surface area contributed by atoms with E-state index >= 15 is 0 Å². The monoisotopic (exact) mass is 500 g/mol. The Labute approximate surface area is 206 Å². The molecule has 0 radical (unpaired) electrons. The molecule has 188 valence electrons. The van der Waals surface area contributed by atoms with Gasteiger partial charge in [-0.1, -0.05) is 12.1 Å². The Kier molecular flexibility index (Phi) is 7.56. The summed E-state index contributed by atoms with van der Waals surface area (Å²) in [7, 11) is 0.339. The summed E-state index contributed by atoms with van der Waals surface area (Å²) in [5.74, 6) is 1.24. The molecule has 1 aromatic heterocycles. The van der Waals surface area contributed by atoms with E-state index in [0.717, 1.165) is 38.3 Å². The fourth-order valence-electron chi connectivity index (χ4n) is 4.38. The second kappa shape index (κ2) is 10.6. The predicted molar refractivity (Wildman–Crippen MR) is 135 cm³/mol. The third kappa shape index (κ3) is 6.29. The van der Waals surface area contributed by atoms with E-state index in [2.05, 4.69) is 19.6 Å². The highest BCUT2D eigenvalue weighted by atomic mass is 32.2. The molecule has 35 heavy (non-hydrogen) atoms. The number of rotatable bonds is 8. The van der Waals surface area contributed by atoms with Gasteiger partial charge in [-0.15, -0.1) is 4.40 Å². The van der Waals surface area contributed by atoms with Gasteiger partial charge in [0.25, 0.3) is 15.9 Å². The first kappa shape index (κ1) is 24.9. The molecule has 2 aliphatic heterocycles. The maximum absolute atomic E-state index is 12.5. The number of aromatic nitrogens is 1. The van der Waals surface area contributed by atoms with Crippen LogP contribution in [0.25, 0.3) is 0 Å². The van der Waals surface area contributed by atoms with Gasteiger partial charge in [-0.25, -0.2) is 13.4 Å². The average Bonchev–Trinajstić information content (AvgIpc) is 2.81. The van der Waals surface area contributed by atoms with Gasteiger partial charge >= 0.3 is 0 Å². The lowest BCUT2D eigenvalue weighted by atomic mass is 9.98. The molecule has 3 heterocycles. The Hall–Kier alpha value is -3.18. The largest absolute Gasteiger partial charge is 0.492 e. The molecular weight excluding hydrogens is 468 g/mol. The van der Waals surface area contributed by atoms with Crippen LogP contribution in [0, 0.1) is 5.92 Å². The fraction of sp³-hybridized carbons (Fsp3) is 0.458. The number of nitrogens with zero attached hydrogens (tertiary/aromatic N) is 4. The zero-order chi connectivity index (χ0) is 25.0. The average molecular weight is 501 g/mol. The van der Waals surface area contributed by atoms with Gasteiger partial charge in [0, 0.05) is 43.9 Å². The van der Waals surface area contributed by atoms with Gasteiger partial charge in [0.05, 0.1) is 17.9 Å². The van der Waals surface area contributed by atoms with E-state index in [1.54, 1.807) is 30.5 Å². The molecule has 1 amide bonds. The molecule has 1 fully saturated rings. The molecule has 3 N–H and O–H groups in total. The standard InChI is InChI=1S/C24H32N6O4S/c1-29(2)12-10-27-24(31)18-8-9-26-21(13-18)30-11-4-5-17(14-30)15-34-20-7-3-6-19-16-35(32,33)28-23(25)22(19)20/h3,6-9,13,17H,4-5,10-12,14-16H2,1-2H3,(H2,25,28)(H,27,31)/t17-/m0/s1. The maximum atomic E-state index is 12.5. The number of carbonyl (C=O) groups excluding carboxylic acids is 1. The van der Waals surface area contributed by atoms with Crippen LogP contribution < -0.4 is 20.7 Å². The van der Waals surface area contributed by atoms with Gasteiger partial charge in [0.15, 0.2) is 0 Å². The SMILES string of the molecule is CN(C)CCNC(=O)c1ccnc(N2CCC[C@H](COc3cccc4c3C(N)=NS(=O)(=O)C4)C2)c1. The molecule has 10 nitrogen and oxygen atoms in total. The molecule has 0 unspecified atom stereocenters. The summed E-state index contributed by atoms with van der Waals surface area (Å²) in [6.45, 7) is 3.41. The van der Waals surface area contributed by atoms with E-state index in [9.17, 15) is 13.2 Å². The van der Waals surface area contributed by atoms with Gasteiger partial charge in [0.2, 0.25) is 0 Å². The van der Waals surface area contributed by atoms with E-state index in [1.165, 1.54) is 0 Å². The molecule has 11 heteroatoms. The van der Waals surface area contributed by atoms with Crippen LogP contribution in [-0.2, 0) is 15.8 Å². The topological polar surface area (TPSA) is 130 Å². The molecule has 0 aliphatic carbocycles. The maximum Gasteiger partial charge on any atom is 0.259 e. The van der Waals surface area contributed by atoms with Crippen LogP contribution in [0.3, 0.4) is 0 Å². The molecule has 0 spiro atoms. The van der Waals surface area contributed by atoms with Crippen LogP contribution in [0.1, 0.15) is 34.3 Å². The second-order valence-corrected chi connectivity index (χ2v) is 10.9. The highest BCUT2D eigenvalue weighted by Gasteiger charge is 2.27. The van der Waals surface area contributed by atoms with Crippen molar-refractivity contribution >= 4 is 27.6 Å². The molecule has 4 rings (SSSR count). The van der Waals surface area contributed by atoms with Crippen LogP contribution in [0.4, 0.5) is 5.82 Å². The molecule has 2 aliphatic rings. The van der Waals surface area contributed by atoms with Crippen molar-refractivity contribution in [2.24, 2.45) is 16.0 Å². The van der Waals surface area contributed by atoms with Crippen molar-refractivity contribution < 1.29 is 17.9 Å². The minimum Gasteiger partial charge on any atom is -0.492 e. The number of nitrogens with one attached hydrogen (secondary N) is 1. The minimum atomic E-state index is -3.59. The number of anilines is 1. The first-order chi connectivity index (χ1) is 16.7. The summed E-state index contributed by atoms with van der Waals surface area (Å²) >= 11 is 0. The molecule has 1 saturated heterocycles. The molecule has 1 atom stereocenters. The van der Waals surface area contributed by atoms with Gasteiger partial charge in [-0.3, -0.25) is 4.79 Å². The van der Waals surface area contributed by atoms with Crippen LogP contribution >= 0.6 is 0 Å². The van der Waals surface area contributed by atoms with Gasteiger partial charge in [-0.2, -0.15) is 0 Å². The lowest BCUT2D eigenvalue weighted by Gasteiger charge is -2.33. The molecule has 2 aromatic rings. The number of ether oxygens (including phenoxy) is 1. The second-order valence-electron chi connectivity index (χ2n) is 9.22. The Morgan fingerprint density at radius 1 is 1.31 bits per heavy atom. The van der Waals surface area contributed by atoms with Gasteiger partial charge in [0.1, 0.15) is 17.4 Å². The van der Waals surface area contributed by atoms with Crippen molar-refractivity contribution in [3.05, 3.63) is 53.2 Å². The van der Waals surface area contributed by atoms with Crippen LogP contribution in [-0.4, -0.2) is 76.9 Å². The number of hydrogen-bond acceptors (Lipinski definition) is 8. The van der Waals surface area contributed by atoms with E-state index in [-0.39, 0.29) is 23.4 Å². The lowest BCUT2D eigenvalue weighted by molar-refractivity contribution is 0.0951. The zero-order valence-electron chi connectivity index (χ0n) is 20.1. The Morgan fingerprint density at radius 2 is 2.14 bits per heavy atom. The summed E-state index contributed by atoms with van der Waals surface area (Å²) < 4.78 is 33.6. The first-order valence-electron chi connectivity index (χ1n) is 11.7. The van der Waals surface area contributed by atoms with Crippen molar-refractivity contribution in [3.8, 4) is 5.75 Å². The number of amidine groups is 1. The number of sulfonamides is 1. The fourth-order valence-corrected chi connectivity index (χ4v) is 5.47. The number of likely N-dealkylation sites (N-methyl/N-ethyl adjacent to an activating group) is 1. The van der Waals surface area contributed by atoms with E-state index in [1.807, 2.05) is 25.1 Å². The van der Waals surface area contributed by atoms with Crippen LogP contribution in [0.5, 0.6) is 5.75 Å². The lowest BCUT2D eigenvalue weighted by Crippen LogP contribution is -2.38. The Balaban J connectivity index is 1.39. The number of pyridine rings is 1. The Bertz CT molecular complexity index is 1210. The molecule has 0 bridgehead atoms. The number of fused-ring (bicyclic) bond motifs is 1. The Morgan fingerprint density at radius 3 is 2.94 bits per heavy atom. The normalized spacial score (nSPS) is 19.1. The summed E-state index contributed by atoms with van der Waals surface area (Å²) in [6, 6.07) is 8.86. The zero-order valence-corrected chi connectivity index (χ0v) is 20.9. The summed E-state index contributed by atoms with van der Waals surface area (Å²) in [6.07, 6.45) is 3.64. The number of nitrogens with two attached hydrogens (primary N) is 1. The van der Waals surface area contributed by atoms with Gasteiger partial charge < -0.3 is 25.6 Å². The quantitative estimate of drug-likeness (QED) is 0.553. The van der Waals surface area contributed by atoms with E-state index < -0.39 is 10.0 Å². The number of benzene rings is 1. The van der Waals surface area contributed by atoms with Crippen molar-refractivity contribution in [2.45, 2.75) is 18.6 Å². The molecule has 0 saturated carbocycles. The minimum absolute atomic E-state index is 0.0306. The highest BCUT2D eigenvalue weighted by Crippen LogP contribution is 2.29. The van der Waals surface area contributed by atoms with Crippen molar-refractivity contribution in [2.75, 3.05) is 51.8 Å². The number of amides is 1. The number of hydrogen-bond donors (Lipinski definition) is 2.